The van der Waals surface area contributed by atoms with Crippen LogP contribution in [0, 0.1) is 6.92 Å². The molecular formula is C36H41N3O5. The number of ether oxygens (including phenoxy) is 4. The van der Waals surface area contributed by atoms with E-state index in [2.05, 4.69) is 10.2 Å². The molecule has 230 valence electrons. The first-order valence-corrected chi connectivity index (χ1v) is 15.1. The number of anilines is 2. The van der Waals surface area contributed by atoms with Crippen LogP contribution in [0.3, 0.4) is 0 Å². The van der Waals surface area contributed by atoms with Gasteiger partial charge in [-0.05, 0) is 84.6 Å². The van der Waals surface area contributed by atoms with Crippen LogP contribution in [0.2, 0.25) is 0 Å². The summed E-state index contributed by atoms with van der Waals surface area (Å²) in [5.74, 6) is 2.29. The second kappa shape index (κ2) is 14.8. The van der Waals surface area contributed by atoms with Gasteiger partial charge in [0.1, 0.15) is 11.5 Å². The molecule has 1 amide bonds. The molecule has 1 saturated heterocycles. The second-order valence-electron chi connectivity index (χ2n) is 10.8. The average molecular weight is 596 g/mol. The molecule has 0 aromatic heterocycles. The molecule has 1 aliphatic rings. The van der Waals surface area contributed by atoms with Gasteiger partial charge in [-0.15, -0.1) is 0 Å². The number of amides is 1. The predicted molar refractivity (Wildman–Crippen MR) is 177 cm³/mol. The van der Waals surface area contributed by atoms with Crippen molar-refractivity contribution in [2.75, 3.05) is 57.6 Å². The van der Waals surface area contributed by atoms with Crippen molar-refractivity contribution in [3.63, 3.8) is 0 Å². The minimum absolute atomic E-state index is 0.162. The van der Waals surface area contributed by atoms with Gasteiger partial charge >= 0.3 is 0 Å². The highest BCUT2D eigenvalue weighted by atomic mass is 16.5. The van der Waals surface area contributed by atoms with E-state index in [1.54, 1.807) is 13.2 Å². The molecule has 0 bridgehead atoms. The lowest BCUT2D eigenvalue weighted by atomic mass is 10.0. The minimum atomic E-state index is -0.162. The van der Waals surface area contributed by atoms with Crippen molar-refractivity contribution >= 4 is 33.8 Å². The Kier molecular flexibility index (Phi) is 10.4. The molecule has 0 spiro atoms. The van der Waals surface area contributed by atoms with Gasteiger partial charge in [-0.1, -0.05) is 31.2 Å². The monoisotopic (exact) mass is 595 g/mol. The number of nitrogens with zero attached hydrogens (tertiary/aromatic N) is 1. The number of rotatable bonds is 12. The summed E-state index contributed by atoms with van der Waals surface area (Å²) in [6.45, 7) is 9.05. The molecule has 8 nitrogen and oxygen atoms in total. The van der Waals surface area contributed by atoms with E-state index in [1.807, 2.05) is 86.7 Å². The van der Waals surface area contributed by atoms with Crippen molar-refractivity contribution in [1.82, 2.24) is 4.90 Å². The fourth-order valence-electron chi connectivity index (χ4n) is 5.32. The summed E-state index contributed by atoms with van der Waals surface area (Å²) in [5.41, 5.74) is 10.2. The molecule has 5 rings (SSSR count). The second-order valence-corrected chi connectivity index (χ2v) is 10.8. The van der Waals surface area contributed by atoms with Gasteiger partial charge in [-0.2, -0.15) is 0 Å². The van der Waals surface area contributed by atoms with Crippen LogP contribution in [-0.4, -0.2) is 57.4 Å². The summed E-state index contributed by atoms with van der Waals surface area (Å²) in [5, 5.41) is 4.73. The van der Waals surface area contributed by atoms with Crippen LogP contribution in [-0.2, 0) is 4.74 Å². The molecule has 0 atom stereocenters. The van der Waals surface area contributed by atoms with Crippen LogP contribution in [0.4, 0.5) is 11.4 Å². The van der Waals surface area contributed by atoms with Gasteiger partial charge < -0.3 is 30.0 Å². The molecule has 1 fully saturated rings. The number of fused-ring (bicyclic) bond motifs is 1. The van der Waals surface area contributed by atoms with E-state index >= 15 is 0 Å². The molecular weight excluding hydrogens is 554 g/mol. The van der Waals surface area contributed by atoms with Crippen LogP contribution in [0.15, 0.2) is 78.9 Å². The van der Waals surface area contributed by atoms with Gasteiger partial charge in [0.15, 0.2) is 11.5 Å². The topological polar surface area (TPSA) is 95.3 Å². The Morgan fingerprint density at radius 3 is 2.59 bits per heavy atom. The van der Waals surface area contributed by atoms with Crippen molar-refractivity contribution in [2.24, 2.45) is 0 Å². The molecule has 8 heteroatoms. The first-order chi connectivity index (χ1) is 21.4. The van der Waals surface area contributed by atoms with Crippen molar-refractivity contribution in [3.8, 4) is 17.2 Å². The maximum absolute atomic E-state index is 13.2. The van der Waals surface area contributed by atoms with Gasteiger partial charge in [0.25, 0.3) is 5.91 Å². The van der Waals surface area contributed by atoms with Crippen molar-refractivity contribution < 1.29 is 23.7 Å². The number of hydrogen-bond acceptors (Lipinski definition) is 7. The number of nitrogens with one attached hydrogen (secondary N) is 1. The Morgan fingerprint density at radius 2 is 1.82 bits per heavy atom. The predicted octanol–water partition coefficient (Wildman–Crippen LogP) is 6.92. The quantitative estimate of drug-likeness (QED) is 0.104. The van der Waals surface area contributed by atoms with Crippen molar-refractivity contribution in [2.45, 2.75) is 26.7 Å². The Hall–Kier alpha value is -4.53. The van der Waals surface area contributed by atoms with E-state index in [0.29, 0.717) is 40.9 Å². The molecule has 4 aromatic carbocycles. The number of benzene rings is 4. The number of nitrogens with two attached hydrogens (primary N) is 1. The van der Waals surface area contributed by atoms with E-state index in [4.69, 9.17) is 24.7 Å². The third kappa shape index (κ3) is 7.70. The minimum Gasteiger partial charge on any atom is -0.493 e. The number of carbonyl (C=O) groups is 1. The number of carbonyl (C=O) groups excluding carboxylic acids is 1. The molecule has 4 aromatic rings. The van der Waals surface area contributed by atoms with Gasteiger partial charge in [-0.3, -0.25) is 9.69 Å². The molecule has 1 heterocycles. The van der Waals surface area contributed by atoms with Crippen LogP contribution in [0.25, 0.3) is 16.5 Å². The molecule has 0 saturated carbocycles. The number of hydrogen-bond donors (Lipinski definition) is 2. The molecule has 0 radical (unpaired) electrons. The number of nitrogen functional groups attached to an aromatic ring is 1. The highest BCUT2D eigenvalue weighted by molar-refractivity contribution is 6.13. The number of aryl methyl sites for hydroxylation is 1. The maximum Gasteiger partial charge on any atom is 0.256 e. The standard InChI is InChI=1S/C36H41N3O5/c1-4-8-33(31-23-34(41-3)35(24-32(31)37)43-18-7-15-39-16-19-42-20-17-39)44-28-13-14-29-26(22-28)10-6-12-30(29)36(40)38-27-11-5-9-25(2)21-27/h5-6,8-14,21-24H,4,7,15-20,37H2,1-3H3,(H,38,40)/b33-8+. The van der Waals surface area contributed by atoms with Gasteiger partial charge in [0.2, 0.25) is 0 Å². The summed E-state index contributed by atoms with van der Waals surface area (Å²) in [7, 11) is 1.62. The van der Waals surface area contributed by atoms with Crippen molar-refractivity contribution in [1.29, 1.82) is 0 Å². The van der Waals surface area contributed by atoms with Crippen LogP contribution in [0.5, 0.6) is 17.2 Å². The average Bonchev–Trinajstić information content (AvgIpc) is 3.03. The lowest BCUT2D eigenvalue weighted by Gasteiger charge is -2.26. The van der Waals surface area contributed by atoms with Crippen LogP contribution >= 0.6 is 0 Å². The zero-order valence-electron chi connectivity index (χ0n) is 25.7. The van der Waals surface area contributed by atoms with Crippen molar-refractivity contribution in [3.05, 3.63) is 95.6 Å². The van der Waals surface area contributed by atoms with Gasteiger partial charge in [0, 0.05) is 48.2 Å². The normalized spacial score (nSPS) is 13.9. The molecule has 1 aliphatic heterocycles. The first kappa shape index (κ1) is 30.9. The Labute approximate surface area is 259 Å². The van der Waals surface area contributed by atoms with E-state index in [1.165, 1.54) is 0 Å². The summed E-state index contributed by atoms with van der Waals surface area (Å²) in [6, 6.07) is 22.8. The van der Waals surface area contributed by atoms with E-state index in [9.17, 15) is 4.79 Å². The number of morpholine rings is 1. The fraction of sp³-hybridized carbons (Fsp3) is 0.306. The Bertz CT molecular complexity index is 1630. The SMILES string of the molecule is CC/C=C(/Oc1ccc2c(C(=O)Nc3cccc(C)c3)cccc2c1)c1cc(OC)c(OCCCN2CCOCC2)cc1N. The zero-order valence-corrected chi connectivity index (χ0v) is 25.7. The van der Waals surface area contributed by atoms with E-state index < -0.39 is 0 Å². The molecule has 3 N–H and O–H groups in total. The maximum atomic E-state index is 13.2. The summed E-state index contributed by atoms with van der Waals surface area (Å²) >= 11 is 0. The molecule has 0 unspecified atom stereocenters. The summed E-state index contributed by atoms with van der Waals surface area (Å²) < 4.78 is 23.6. The third-order valence-corrected chi connectivity index (χ3v) is 7.57. The highest BCUT2D eigenvalue weighted by Gasteiger charge is 2.17. The number of allylic oxidation sites excluding steroid dienone is 1. The van der Waals surface area contributed by atoms with Gasteiger partial charge in [0.05, 0.1) is 26.9 Å². The van der Waals surface area contributed by atoms with E-state index in [0.717, 1.165) is 73.3 Å². The third-order valence-electron chi connectivity index (χ3n) is 7.57. The summed E-state index contributed by atoms with van der Waals surface area (Å²) in [6.07, 6.45) is 3.63. The molecule has 44 heavy (non-hydrogen) atoms. The first-order valence-electron chi connectivity index (χ1n) is 15.1. The van der Waals surface area contributed by atoms with Crippen LogP contribution < -0.4 is 25.3 Å². The Morgan fingerprint density at radius 1 is 1.00 bits per heavy atom. The summed E-state index contributed by atoms with van der Waals surface area (Å²) in [4.78, 5) is 15.5. The Balaban J connectivity index is 1.31. The molecule has 0 aliphatic carbocycles. The lowest BCUT2D eigenvalue weighted by Crippen LogP contribution is -2.37. The van der Waals surface area contributed by atoms with Gasteiger partial charge in [-0.25, -0.2) is 0 Å². The highest BCUT2D eigenvalue weighted by Crippen LogP contribution is 2.37. The van der Waals surface area contributed by atoms with Crippen LogP contribution in [0.1, 0.15) is 41.3 Å². The fourth-order valence-corrected chi connectivity index (χ4v) is 5.32. The number of methoxy groups -OCH3 is 1. The lowest BCUT2D eigenvalue weighted by molar-refractivity contribution is 0.0357. The largest absolute Gasteiger partial charge is 0.493 e. The smallest absolute Gasteiger partial charge is 0.256 e. The zero-order chi connectivity index (χ0) is 30.9. The van der Waals surface area contributed by atoms with E-state index in [-0.39, 0.29) is 5.91 Å².